The average molecular weight is 212 g/mol. The summed E-state index contributed by atoms with van der Waals surface area (Å²) in [6, 6.07) is 0. The van der Waals surface area contributed by atoms with E-state index in [1.807, 2.05) is 0 Å². The molecule has 4 heteroatoms. The molecule has 0 aromatic rings. The van der Waals surface area contributed by atoms with Crippen LogP contribution in [-0.2, 0) is 19.0 Å². The van der Waals surface area contributed by atoms with Crippen molar-refractivity contribution in [2.75, 3.05) is 13.2 Å². The fourth-order valence-electron chi connectivity index (χ4n) is 3.37. The van der Waals surface area contributed by atoms with Crippen LogP contribution < -0.4 is 0 Å². The normalized spacial score (nSPS) is 47.7. The van der Waals surface area contributed by atoms with Gasteiger partial charge >= 0.3 is 5.97 Å². The fraction of sp³-hybridized carbons (Fsp3) is 0.909. The topological polar surface area (TPSA) is 44.8 Å². The molecule has 3 rings (SSSR count). The number of ether oxygens (including phenoxy) is 3. The van der Waals surface area contributed by atoms with E-state index < -0.39 is 0 Å². The second kappa shape index (κ2) is 3.46. The van der Waals surface area contributed by atoms with Gasteiger partial charge in [-0.05, 0) is 18.8 Å². The zero-order valence-corrected chi connectivity index (χ0v) is 8.85. The SMILES string of the molecule is CC(=O)O[C@@H]1C[C@@H]2CO[C@@H]3OCCC1[C@H]23. The Bertz CT molecular complexity index is 276. The van der Waals surface area contributed by atoms with Gasteiger partial charge in [0.2, 0.25) is 0 Å². The summed E-state index contributed by atoms with van der Waals surface area (Å²) in [5, 5.41) is 0. The summed E-state index contributed by atoms with van der Waals surface area (Å²) in [5.41, 5.74) is 0. The van der Waals surface area contributed by atoms with Crippen LogP contribution in [-0.4, -0.2) is 31.6 Å². The highest BCUT2D eigenvalue weighted by molar-refractivity contribution is 5.66. The number of carbonyl (C=O) groups excluding carboxylic acids is 1. The third kappa shape index (κ3) is 1.47. The third-order valence-corrected chi connectivity index (χ3v) is 3.89. The lowest BCUT2D eigenvalue weighted by molar-refractivity contribution is -0.181. The van der Waals surface area contributed by atoms with E-state index >= 15 is 0 Å². The molecule has 1 saturated carbocycles. The van der Waals surface area contributed by atoms with Gasteiger partial charge in [-0.3, -0.25) is 4.79 Å². The van der Waals surface area contributed by atoms with Crippen LogP contribution in [0.25, 0.3) is 0 Å². The molecule has 0 bridgehead atoms. The van der Waals surface area contributed by atoms with E-state index in [2.05, 4.69) is 0 Å². The van der Waals surface area contributed by atoms with Crippen LogP contribution in [0.1, 0.15) is 19.8 Å². The van der Waals surface area contributed by atoms with Crippen LogP contribution in [0.4, 0.5) is 0 Å². The molecule has 15 heavy (non-hydrogen) atoms. The van der Waals surface area contributed by atoms with E-state index in [-0.39, 0.29) is 18.4 Å². The molecule has 0 amide bonds. The highest BCUT2D eigenvalue weighted by Crippen LogP contribution is 2.49. The second-order valence-corrected chi connectivity index (χ2v) is 4.75. The maximum absolute atomic E-state index is 11.0. The Balaban J connectivity index is 1.77. The average Bonchev–Trinajstić information content (AvgIpc) is 2.74. The molecule has 3 fully saturated rings. The molecule has 0 spiro atoms. The Morgan fingerprint density at radius 2 is 2.27 bits per heavy atom. The minimum Gasteiger partial charge on any atom is -0.462 e. The molecule has 1 unspecified atom stereocenters. The molecule has 4 nitrogen and oxygen atoms in total. The van der Waals surface area contributed by atoms with Crippen molar-refractivity contribution < 1.29 is 19.0 Å². The molecule has 3 aliphatic rings. The van der Waals surface area contributed by atoms with Gasteiger partial charge in [-0.25, -0.2) is 0 Å². The highest BCUT2D eigenvalue weighted by atomic mass is 16.7. The van der Waals surface area contributed by atoms with Crippen molar-refractivity contribution in [3.63, 3.8) is 0 Å². The van der Waals surface area contributed by atoms with E-state index in [0.29, 0.717) is 17.8 Å². The van der Waals surface area contributed by atoms with Gasteiger partial charge in [0.15, 0.2) is 6.29 Å². The Morgan fingerprint density at radius 3 is 3.07 bits per heavy atom. The van der Waals surface area contributed by atoms with Crippen LogP contribution in [0, 0.1) is 17.8 Å². The van der Waals surface area contributed by atoms with Gasteiger partial charge in [0.1, 0.15) is 6.10 Å². The lowest BCUT2D eigenvalue weighted by atomic mass is 9.87. The van der Waals surface area contributed by atoms with Crippen molar-refractivity contribution >= 4 is 5.97 Å². The van der Waals surface area contributed by atoms with Gasteiger partial charge in [0.05, 0.1) is 13.2 Å². The molecule has 0 N–H and O–H groups in total. The molecule has 2 aliphatic heterocycles. The van der Waals surface area contributed by atoms with Crippen molar-refractivity contribution in [3.05, 3.63) is 0 Å². The first-order valence-corrected chi connectivity index (χ1v) is 5.66. The largest absolute Gasteiger partial charge is 0.462 e. The van der Waals surface area contributed by atoms with Gasteiger partial charge < -0.3 is 14.2 Å². The summed E-state index contributed by atoms with van der Waals surface area (Å²) >= 11 is 0. The monoisotopic (exact) mass is 212 g/mol. The standard InChI is InChI=1S/C11H16O4/c1-6(12)15-9-4-7-5-14-11-10(7)8(9)2-3-13-11/h7-11H,2-5H2,1H3/t7-,8?,9-,10+,11+/m1/s1. The summed E-state index contributed by atoms with van der Waals surface area (Å²) in [6.07, 6.45) is 2.02. The summed E-state index contributed by atoms with van der Waals surface area (Å²) in [5.74, 6) is 1.29. The lowest BCUT2D eigenvalue weighted by Crippen LogP contribution is -2.37. The molecule has 0 radical (unpaired) electrons. The Kier molecular flexibility index (Phi) is 2.21. The van der Waals surface area contributed by atoms with E-state index in [1.165, 1.54) is 6.92 Å². The molecular weight excluding hydrogens is 196 g/mol. The van der Waals surface area contributed by atoms with Crippen molar-refractivity contribution in [1.29, 1.82) is 0 Å². The van der Waals surface area contributed by atoms with Crippen molar-refractivity contribution in [2.24, 2.45) is 17.8 Å². The molecule has 0 aromatic carbocycles. The molecule has 84 valence electrons. The van der Waals surface area contributed by atoms with Gasteiger partial charge in [-0.15, -0.1) is 0 Å². The van der Waals surface area contributed by atoms with Crippen LogP contribution >= 0.6 is 0 Å². The number of esters is 1. The fourth-order valence-corrected chi connectivity index (χ4v) is 3.37. The first kappa shape index (κ1) is 9.60. The van der Waals surface area contributed by atoms with E-state index in [4.69, 9.17) is 14.2 Å². The Labute approximate surface area is 88.9 Å². The Hall–Kier alpha value is -0.610. The van der Waals surface area contributed by atoms with Crippen LogP contribution in [0.3, 0.4) is 0 Å². The zero-order chi connectivity index (χ0) is 10.4. The molecule has 2 heterocycles. The lowest BCUT2D eigenvalue weighted by Gasteiger charge is -2.32. The zero-order valence-electron chi connectivity index (χ0n) is 8.85. The number of hydrogen-bond donors (Lipinski definition) is 0. The number of hydrogen-bond acceptors (Lipinski definition) is 4. The minimum absolute atomic E-state index is 0.0330. The molecule has 5 atom stereocenters. The minimum atomic E-state index is -0.163. The quantitative estimate of drug-likeness (QED) is 0.607. The molecular formula is C11H16O4. The van der Waals surface area contributed by atoms with Crippen molar-refractivity contribution in [1.82, 2.24) is 0 Å². The smallest absolute Gasteiger partial charge is 0.302 e. The van der Waals surface area contributed by atoms with Crippen LogP contribution in [0.2, 0.25) is 0 Å². The van der Waals surface area contributed by atoms with Crippen LogP contribution in [0.15, 0.2) is 0 Å². The van der Waals surface area contributed by atoms with E-state index in [1.54, 1.807) is 0 Å². The van der Waals surface area contributed by atoms with E-state index in [9.17, 15) is 4.79 Å². The van der Waals surface area contributed by atoms with Gasteiger partial charge in [0.25, 0.3) is 0 Å². The summed E-state index contributed by atoms with van der Waals surface area (Å²) < 4.78 is 16.5. The summed E-state index contributed by atoms with van der Waals surface area (Å²) in [7, 11) is 0. The first-order valence-electron chi connectivity index (χ1n) is 5.66. The van der Waals surface area contributed by atoms with Crippen molar-refractivity contribution in [3.8, 4) is 0 Å². The predicted molar refractivity (Wildman–Crippen MR) is 51.0 cm³/mol. The first-order chi connectivity index (χ1) is 7.25. The number of rotatable bonds is 1. The second-order valence-electron chi connectivity index (χ2n) is 4.75. The van der Waals surface area contributed by atoms with E-state index in [0.717, 1.165) is 26.1 Å². The Morgan fingerprint density at radius 1 is 1.40 bits per heavy atom. The van der Waals surface area contributed by atoms with Crippen molar-refractivity contribution in [2.45, 2.75) is 32.2 Å². The summed E-state index contributed by atoms with van der Waals surface area (Å²) in [6.45, 7) is 2.99. The molecule has 1 aliphatic carbocycles. The summed E-state index contributed by atoms with van der Waals surface area (Å²) in [4.78, 5) is 11.0. The number of carbonyl (C=O) groups is 1. The molecule has 0 aromatic heterocycles. The van der Waals surface area contributed by atoms with Crippen LogP contribution in [0.5, 0.6) is 0 Å². The predicted octanol–water partition coefficient (Wildman–Crippen LogP) is 0.947. The highest BCUT2D eigenvalue weighted by Gasteiger charge is 2.54. The third-order valence-electron chi connectivity index (χ3n) is 3.89. The maximum atomic E-state index is 11.0. The maximum Gasteiger partial charge on any atom is 0.302 e. The van der Waals surface area contributed by atoms with Gasteiger partial charge in [0, 0.05) is 18.8 Å². The van der Waals surface area contributed by atoms with Gasteiger partial charge in [-0.2, -0.15) is 0 Å². The molecule has 2 saturated heterocycles. The van der Waals surface area contributed by atoms with Gasteiger partial charge in [-0.1, -0.05) is 0 Å².